The minimum Gasteiger partial charge on any atom is -0.356 e. The first-order valence-electron chi connectivity index (χ1n) is 8.80. The summed E-state index contributed by atoms with van der Waals surface area (Å²) in [6.45, 7) is 2.76. The van der Waals surface area contributed by atoms with E-state index in [1.165, 1.54) is 0 Å². The Hall–Kier alpha value is -1.46. The van der Waals surface area contributed by atoms with Gasteiger partial charge in [0, 0.05) is 28.8 Å². The third-order valence-electron chi connectivity index (χ3n) is 4.72. The van der Waals surface area contributed by atoms with Gasteiger partial charge < -0.3 is 10.6 Å². The van der Waals surface area contributed by atoms with Gasteiger partial charge in [0.2, 0.25) is 5.91 Å². The molecule has 1 aromatic rings. The predicted molar refractivity (Wildman–Crippen MR) is 103 cm³/mol. The fraction of sp³-hybridized carbons (Fsp3) is 0.474. The van der Waals surface area contributed by atoms with Gasteiger partial charge in [0.05, 0.1) is 4.91 Å². The Morgan fingerprint density at radius 2 is 2.20 bits per heavy atom. The number of hydrogen-bond donors (Lipinski definition) is 2. The van der Waals surface area contributed by atoms with Crippen molar-refractivity contribution in [2.24, 2.45) is 5.92 Å². The molecule has 1 aromatic carbocycles. The highest BCUT2D eigenvalue weighted by Crippen LogP contribution is 2.40. The first-order chi connectivity index (χ1) is 12.1. The quantitative estimate of drug-likeness (QED) is 0.787. The second kappa shape index (κ2) is 8.28. The number of carbonyl (C=O) groups excluding carboxylic acids is 2. The summed E-state index contributed by atoms with van der Waals surface area (Å²) in [5, 5.41) is 7.03. The lowest BCUT2D eigenvalue weighted by Gasteiger charge is -2.39. The van der Waals surface area contributed by atoms with E-state index >= 15 is 0 Å². The highest BCUT2D eigenvalue weighted by molar-refractivity contribution is 8.04. The van der Waals surface area contributed by atoms with E-state index in [9.17, 15) is 9.59 Å². The average molecular weight is 379 g/mol. The first kappa shape index (κ1) is 18.3. The van der Waals surface area contributed by atoms with E-state index in [4.69, 9.17) is 11.6 Å². The normalized spacial score (nSPS) is 27.5. The molecule has 1 aliphatic heterocycles. The van der Waals surface area contributed by atoms with Gasteiger partial charge in [0.1, 0.15) is 0 Å². The van der Waals surface area contributed by atoms with Crippen LogP contribution in [0.2, 0.25) is 5.02 Å². The van der Waals surface area contributed by atoms with E-state index in [0.29, 0.717) is 15.2 Å². The topological polar surface area (TPSA) is 58.2 Å². The molecule has 2 N–H and O–H groups in total. The van der Waals surface area contributed by atoms with Crippen LogP contribution in [0.3, 0.4) is 0 Å². The molecule has 0 spiro atoms. The van der Waals surface area contributed by atoms with E-state index in [-0.39, 0.29) is 23.8 Å². The van der Waals surface area contributed by atoms with Gasteiger partial charge in [-0.2, -0.15) is 0 Å². The Labute approximate surface area is 157 Å². The number of thioether (sulfide) groups is 1. The molecule has 2 fully saturated rings. The van der Waals surface area contributed by atoms with Gasteiger partial charge in [-0.05, 0) is 43.4 Å². The Morgan fingerprint density at radius 1 is 1.40 bits per heavy atom. The van der Waals surface area contributed by atoms with Crippen molar-refractivity contribution in [3.8, 4) is 0 Å². The molecular weight excluding hydrogens is 356 g/mol. The molecule has 6 heteroatoms. The minimum atomic E-state index is -0.0687. The molecule has 1 heterocycles. The van der Waals surface area contributed by atoms with Gasteiger partial charge in [0.25, 0.3) is 5.91 Å². The summed E-state index contributed by atoms with van der Waals surface area (Å²) in [5.74, 6) is 0.0561. The molecule has 1 saturated heterocycles. The van der Waals surface area contributed by atoms with E-state index in [1.807, 2.05) is 37.3 Å². The molecule has 3 rings (SSSR count). The van der Waals surface area contributed by atoms with Crippen molar-refractivity contribution in [3.63, 3.8) is 0 Å². The predicted octanol–water partition coefficient (Wildman–Crippen LogP) is 3.61. The summed E-state index contributed by atoms with van der Waals surface area (Å²) in [6.07, 6.45) is 5.32. The van der Waals surface area contributed by atoms with Crippen molar-refractivity contribution in [1.82, 2.24) is 10.6 Å². The van der Waals surface area contributed by atoms with Gasteiger partial charge in [-0.1, -0.05) is 36.7 Å². The molecular formula is C19H23ClN2O2S. The van der Waals surface area contributed by atoms with Crippen molar-refractivity contribution in [2.75, 3.05) is 6.54 Å². The minimum absolute atomic E-state index is 0.00259. The smallest absolute Gasteiger partial charge is 0.257 e. The van der Waals surface area contributed by atoms with Crippen LogP contribution in [0.4, 0.5) is 0 Å². The van der Waals surface area contributed by atoms with Gasteiger partial charge in [-0.15, -0.1) is 11.8 Å². The molecule has 134 valence electrons. The van der Waals surface area contributed by atoms with Crippen LogP contribution < -0.4 is 10.6 Å². The Morgan fingerprint density at radius 3 is 2.96 bits per heavy atom. The third kappa shape index (κ3) is 4.39. The van der Waals surface area contributed by atoms with Gasteiger partial charge in [0.15, 0.2) is 0 Å². The zero-order valence-electron chi connectivity index (χ0n) is 14.3. The maximum Gasteiger partial charge on any atom is 0.257 e. The lowest BCUT2D eigenvalue weighted by Crippen LogP contribution is -2.51. The molecule has 2 amide bonds. The number of nitrogens with one attached hydrogen (secondary N) is 2. The maximum atomic E-state index is 12.5. The summed E-state index contributed by atoms with van der Waals surface area (Å²) < 4.78 is 0. The largest absolute Gasteiger partial charge is 0.356 e. The van der Waals surface area contributed by atoms with Crippen LogP contribution in [0.5, 0.6) is 0 Å². The third-order valence-corrected chi connectivity index (χ3v) is 6.49. The molecule has 25 heavy (non-hydrogen) atoms. The second-order valence-corrected chi connectivity index (χ2v) is 8.26. The van der Waals surface area contributed by atoms with Gasteiger partial charge >= 0.3 is 0 Å². The second-order valence-electron chi connectivity index (χ2n) is 6.57. The fourth-order valence-electron chi connectivity index (χ4n) is 3.36. The highest BCUT2D eigenvalue weighted by Gasteiger charge is 2.39. The molecule has 3 atom stereocenters. The number of benzene rings is 1. The zero-order valence-corrected chi connectivity index (χ0v) is 15.8. The molecule has 0 radical (unpaired) electrons. The Bertz CT molecular complexity index is 692. The molecule has 1 aliphatic carbocycles. The van der Waals surface area contributed by atoms with Crippen LogP contribution in [0.25, 0.3) is 6.08 Å². The number of halogens is 1. The number of hydrogen-bond acceptors (Lipinski definition) is 3. The summed E-state index contributed by atoms with van der Waals surface area (Å²) in [7, 11) is 0. The SMILES string of the molecule is CCCNC(=O)C1CCC2S/C(=C/c3ccccc3Cl)C(=O)NC2C1. The van der Waals surface area contributed by atoms with Crippen molar-refractivity contribution in [2.45, 2.75) is 43.9 Å². The van der Waals surface area contributed by atoms with Gasteiger partial charge in [-0.25, -0.2) is 0 Å². The van der Waals surface area contributed by atoms with Crippen LogP contribution in [-0.4, -0.2) is 29.7 Å². The van der Waals surface area contributed by atoms with Crippen LogP contribution >= 0.6 is 23.4 Å². The molecule has 1 saturated carbocycles. The molecule has 2 aliphatic rings. The molecule has 3 unspecified atom stereocenters. The monoisotopic (exact) mass is 378 g/mol. The highest BCUT2D eigenvalue weighted by atomic mass is 35.5. The van der Waals surface area contributed by atoms with E-state index in [1.54, 1.807) is 11.8 Å². The number of carbonyl (C=O) groups is 2. The standard InChI is InChI=1S/C19H23ClN2O2S/c1-2-9-21-18(23)13-7-8-16-15(10-13)22-19(24)17(25-16)11-12-5-3-4-6-14(12)20/h3-6,11,13,15-16H,2,7-10H2,1H3,(H,21,23)(H,22,24)/b17-11+. The summed E-state index contributed by atoms with van der Waals surface area (Å²) in [4.78, 5) is 25.4. The van der Waals surface area contributed by atoms with Crippen LogP contribution in [0.15, 0.2) is 29.2 Å². The van der Waals surface area contributed by atoms with Crippen molar-refractivity contribution >= 4 is 41.3 Å². The Kier molecular flexibility index (Phi) is 6.07. The molecule has 0 bridgehead atoms. The lowest BCUT2D eigenvalue weighted by atomic mass is 9.84. The average Bonchev–Trinajstić information content (AvgIpc) is 2.61. The summed E-state index contributed by atoms with van der Waals surface area (Å²) in [6, 6.07) is 7.57. The van der Waals surface area contributed by atoms with Crippen molar-refractivity contribution in [3.05, 3.63) is 39.8 Å². The van der Waals surface area contributed by atoms with E-state index in [0.717, 1.165) is 37.8 Å². The molecule has 4 nitrogen and oxygen atoms in total. The van der Waals surface area contributed by atoms with E-state index in [2.05, 4.69) is 10.6 Å². The number of amides is 2. The maximum absolute atomic E-state index is 12.5. The molecule has 0 aromatic heterocycles. The Balaban J connectivity index is 1.67. The summed E-state index contributed by atoms with van der Waals surface area (Å²) in [5.41, 5.74) is 0.855. The van der Waals surface area contributed by atoms with Crippen LogP contribution in [0, 0.1) is 5.92 Å². The van der Waals surface area contributed by atoms with Crippen molar-refractivity contribution in [1.29, 1.82) is 0 Å². The van der Waals surface area contributed by atoms with Crippen molar-refractivity contribution < 1.29 is 9.59 Å². The lowest BCUT2D eigenvalue weighted by molar-refractivity contribution is -0.127. The first-order valence-corrected chi connectivity index (χ1v) is 10.1. The number of rotatable bonds is 4. The van der Waals surface area contributed by atoms with Gasteiger partial charge in [-0.3, -0.25) is 9.59 Å². The number of fused-ring (bicyclic) bond motifs is 1. The van der Waals surface area contributed by atoms with Crippen LogP contribution in [-0.2, 0) is 9.59 Å². The van der Waals surface area contributed by atoms with E-state index < -0.39 is 0 Å². The van der Waals surface area contributed by atoms with Crippen LogP contribution in [0.1, 0.15) is 38.2 Å². The fourth-order valence-corrected chi connectivity index (χ4v) is 4.83. The summed E-state index contributed by atoms with van der Waals surface area (Å²) >= 11 is 7.81. The zero-order chi connectivity index (χ0) is 17.8.